The molecule has 1 N–H and O–H groups in total. The molecule has 1 heterocycles. The van der Waals surface area contributed by atoms with Gasteiger partial charge in [-0.1, -0.05) is 45.4 Å². The standard InChI is InChI=1S/C24H18BrF3N4O3/c1-35-23(34)16-6-2-14(3-7-16)12-29-22(33)19-10-18(25)11-20-21(19)32(31-30-20)13-15-4-8-17(9-5-15)24(26,27)28/h2-11H,12-13H2,1H3,(H,29,33). The van der Waals surface area contributed by atoms with Gasteiger partial charge in [-0.25, -0.2) is 9.48 Å². The number of halogens is 4. The van der Waals surface area contributed by atoms with E-state index in [-0.39, 0.29) is 19.0 Å². The Labute approximate surface area is 206 Å². The Morgan fingerprint density at radius 1 is 1.03 bits per heavy atom. The highest BCUT2D eigenvalue weighted by Gasteiger charge is 2.30. The maximum absolute atomic E-state index is 13.1. The van der Waals surface area contributed by atoms with E-state index in [4.69, 9.17) is 0 Å². The van der Waals surface area contributed by atoms with E-state index in [0.29, 0.717) is 32.2 Å². The zero-order valence-electron chi connectivity index (χ0n) is 18.3. The number of nitrogens with zero attached hydrogens (tertiary/aromatic N) is 3. The van der Waals surface area contributed by atoms with E-state index in [1.807, 2.05) is 0 Å². The smallest absolute Gasteiger partial charge is 0.416 e. The summed E-state index contributed by atoms with van der Waals surface area (Å²) in [5.74, 6) is -0.838. The lowest BCUT2D eigenvalue weighted by Gasteiger charge is -2.11. The Balaban J connectivity index is 1.56. The minimum absolute atomic E-state index is 0.130. The van der Waals surface area contributed by atoms with E-state index in [2.05, 4.69) is 36.3 Å². The largest absolute Gasteiger partial charge is 0.465 e. The molecule has 4 aromatic rings. The van der Waals surface area contributed by atoms with Gasteiger partial charge in [0.05, 0.1) is 30.3 Å². The maximum atomic E-state index is 13.1. The first-order valence-electron chi connectivity index (χ1n) is 10.3. The van der Waals surface area contributed by atoms with Crippen LogP contribution in [-0.2, 0) is 24.0 Å². The van der Waals surface area contributed by atoms with Gasteiger partial charge in [0.2, 0.25) is 0 Å². The lowest BCUT2D eigenvalue weighted by atomic mass is 10.1. The van der Waals surface area contributed by atoms with Crippen molar-refractivity contribution in [1.82, 2.24) is 20.3 Å². The molecule has 35 heavy (non-hydrogen) atoms. The van der Waals surface area contributed by atoms with Gasteiger partial charge in [0.25, 0.3) is 5.91 Å². The van der Waals surface area contributed by atoms with Gasteiger partial charge in [0, 0.05) is 11.0 Å². The number of fused-ring (bicyclic) bond motifs is 1. The summed E-state index contributed by atoms with van der Waals surface area (Å²) in [5.41, 5.74) is 2.21. The Morgan fingerprint density at radius 3 is 2.31 bits per heavy atom. The van der Waals surface area contributed by atoms with Crippen molar-refractivity contribution >= 4 is 38.8 Å². The van der Waals surface area contributed by atoms with Gasteiger partial charge in [0.1, 0.15) is 11.0 Å². The number of hydrogen-bond acceptors (Lipinski definition) is 5. The molecule has 0 saturated carbocycles. The second-order valence-corrected chi connectivity index (χ2v) is 8.55. The van der Waals surface area contributed by atoms with Crippen molar-refractivity contribution in [1.29, 1.82) is 0 Å². The lowest BCUT2D eigenvalue weighted by molar-refractivity contribution is -0.137. The fourth-order valence-electron chi connectivity index (χ4n) is 3.49. The molecule has 4 rings (SSSR count). The van der Waals surface area contributed by atoms with Crippen LogP contribution in [0.2, 0.25) is 0 Å². The van der Waals surface area contributed by atoms with Crippen LogP contribution in [0.1, 0.15) is 37.4 Å². The number of carbonyl (C=O) groups is 2. The van der Waals surface area contributed by atoms with Crippen LogP contribution in [0, 0.1) is 0 Å². The minimum Gasteiger partial charge on any atom is -0.465 e. The molecule has 0 fully saturated rings. The topological polar surface area (TPSA) is 86.1 Å². The van der Waals surface area contributed by atoms with Gasteiger partial charge in [0.15, 0.2) is 0 Å². The molecule has 0 saturated heterocycles. The third-order valence-electron chi connectivity index (χ3n) is 5.26. The molecule has 0 unspecified atom stereocenters. The van der Waals surface area contributed by atoms with E-state index in [0.717, 1.165) is 17.7 Å². The molecule has 7 nitrogen and oxygen atoms in total. The monoisotopic (exact) mass is 546 g/mol. The van der Waals surface area contributed by atoms with E-state index >= 15 is 0 Å². The summed E-state index contributed by atoms with van der Waals surface area (Å²) in [7, 11) is 1.30. The van der Waals surface area contributed by atoms with Crippen LogP contribution in [0.3, 0.4) is 0 Å². The molecule has 3 aromatic carbocycles. The van der Waals surface area contributed by atoms with Crippen LogP contribution in [0.15, 0.2) is 65.1 Å². The normalized spacial score (nSPS) is 11.5. The number of hydrogen-bond donors (Lipinski definition) is 1. The third-order valence-corrected chi connectivity index (χ3v) is 5.72. The number of nitrogens with one attached hydrogen (secondary N) is 1. The first-order chi connectivity index (χ1) is 16.7. The van der Waals surface area contributed by atoms with Crippen LogP contribution in [-0.4, -0.2) is 34.0 Å². The summed E-state index contributed by atoms with van der Waals surface area (Å²) in [5, 5.41) is 11.0. The van der Waals surface area contributed by atoms with Crippen molar-refractivity contribution in [2.45, 2.75) is 19.3 Å². The maximum Gasteiger partial charge on any atom is 0.416 e. The molecule has 0 radical (unpaired) electrons. The van der Waals surface area contributed by atoms with E-state index in [9.17, 15) is 22.8 Å². The van der Waals surface area contributed by atoms with Crippen LogP contribution in [0.5, 0.6) is 0 Å². The molecule has 0 aliphatic rings. The molecule has 0 atom stereocenters. The molecule has 0 bridgehead atoms. The average molecular weight is 547 g/mol. The molecule has 0 aliphatic carbocycles. The van der Waals surface area contributed by atoms with Crippen molar-refractivity contribution in [2.24, 2.45) is 0 Å². The number of methoxy groups -OCH3 is 1. The number of benzene rings is 3. The molecule has 1 amide bonds. The highest BCUT2D eigenvalue weighted by molar-refractivity contribution is 9.10. The highest BCUT2D eigenvalue weighted by Crippen LogP contribution is 2.29. The van der Waals surface area contributed by atoms with Gasteiger partial charge in [-0.2, -0.15) is 13.2 Å². The second kappa shape index (κ2) is 9.87. The average Bonchev–Trinajstić information content (AvgIpc) is 3.23. The summed E-state index contributed by atoms with van der Waals surface area (Å²) in [6, 6.07) is 14.7. The van der Waals surface area contributed by atoms with Gasteiger partial charge in [-0.3, -0.25) is 4.79 Å². The van der Waals surface area contributed by atoms with Crippen LogP contribution >= 0.6 is 15.9 Å². The Bertz CT molecular complexity index is 1380. The highest BCUT2D eigenvalue weighted by atomic mass is 79.9. The Kier molecular flexibility index (Phi) is 6.88. The lowest BCUT2D eigenvalue weighted by Crippen LogP contribution is -2.24. The van der Waals surface area contributed by atoms with Gasteiger partial charge in [-0.15, -0.1) is 5.10 Å². The number of rotatable bonds is 6. The SMILES string of the molecule is COC(=O)c1ccc(CNC(=O)c2cc(Br)cc3nnn(Cc4ccc(C(F)(F)F)cc4)c23)cc1. The Hall–Kier alpha value is -3.73. The fraction of sp³-hybridized carbons (Fsp3) is 0.167. The van der Waals surface area contributed by atoms with Gasteiger partial charge in [-0.05, 0) is 47.5 Å². The van der Waals surface area contributed by atoms with Crippen molar-refractivity contribution in [3.05, 3.63) is 93.0 Å². The number of alkyl halides is 3. The number of ether oxygens (including phenoxy) is 1. The minimum atomic E-state index is -4.42. The van der Waals surface area contributed by atoms with Crippen LogP contribution in [0.4, 0.5) is 13.2 Å². The molecule has 1 aromatic heterocycles. The van der Waals surface area contributed by atoms with Crippen molar-refractivity contribution < 1.29 is 27.5 Å². The quantitative estimate of drug-likeness (QED) is 0.345. The van der Waals surface area contributed by atoms with E-state index in [1.54, 1.807) is 36.4 Å². The van der Waals surface area contributed by atoms with Crippen molar-refractivity contribution in [3.8, 4) is 0 Å². The van der Waals surface area contributed by atoms with Crippen LogP contribution in [0.25, 0.3) is 11.0 Å². The Morgan fingerprint density at radius 2 is 1.69 bits per heavy atom. The first kappa shape index (κ1) is 24.4. The van der Waals surface area contributed by atoms with Crippen molar-refractivity contribution in [3.63, 3.8) is 0 Å². The number of carbonyl (C=O) groups excluding carboxylic acids is 2. The number of amides is 1. The molecule has 180 valence electrons. The summed E-state index contributed by atoms with van der Waals surface area (Å²) in [4.78, 5) is 24.6. The number of esters is 1. The molecule has 11 heteroatoms. The zero-order chi connectivity index (χ0) is 25.2. The molecule has 0 aliphatic heterocycles. The third kappa shape index (κ3) is 5.51. The second-order valence-electron chi connectivity index (χ2n) is 7.63. The van der Waals surface area contributed by atoms with Crippen LogP contribution < -0.4 is 5.32 Å². The van der Waals surface area contributed by atoms with Crippen molar-refractivity contribution in [2.75, 3.05) is 7.11 Å². The number of aromatic nitrogens is 3. The van der Waals surface area contributed by atoms with E-state index in [1.165, 1.54) is 23.9 Å². The van der Waals surface area contributed by atoms with Gasteiger partial charge >= 0.3 is 12.1 Å². The summed E-state index contributed by atoms with van der Waals surface area (Å²) in [6.07, 6.45) is -4.42. The fourth-order valence-corrected chi connectivity index (χ4v) is 3.93. The summed E-state index contributed by atoms with van der Waals surface area (Å²) >= 11 is 3.37. The molecular weight excluding hydrogens is 529 g/mol. The zero-order valence-corrected chi connectivity index (χ0v) is 19.9. The predicted octanol–water partition coefficient (Wildman–Crippen LogP) is 4.98. The summed E-state index contributed by atoms with van der Waals surface area (Å²) in [6.45, 7) is 0.334. The predicted molar refractivity (Wildman–Crippen MR) is 125 cm³/mol. The van der Waals surface area contributed by atoms with E-state index < -0.39 is 17.7 Å². The molecular formula is C24H18BrF3N4O3. The summed E-state index contributed by atoms with van der Waals surface area (Å²) < 4.78 is 45.3. The first-order valence-corrected chi connectivity index (χ1v) is 11.1. The van der Waals surface area contributed by atoms with Gasteiger partial charge < -0.3 is 10.1 Å². The molecule has 0 spiro atoms.